The lowest BCUT2D eigenvalue weighted by Gasteiger charge is -2.11. The summed E-state index contributed by atoms with van der Waals surface area (Å²) in [5, 5.41) is 19.6. The third kappa shape index (κ3) is 4.68. The van der Waals surface area contributed by atoms with E-state index in [0.717, 1.165) is 0 Å². The second kappa shape index (κ2) is 7.22. The predicted molar refractivity (Wildman–Crippen MR) is 69.2 cm³/mol. The summed E-state index contributed by atoms with van der Waals surface area (Å²) < 4.78 is 4.72. The summed E-state index contributed by atoms with van der Waals surface area (Å²) >= 11 is 0. The average Bonchev–Trinajstić information content (AvgIpc) is 2.38. The summed E-state index contributed by atoms with van der Waals surface area (Å²) in [6, 6.07) is 5.58. The van der Waals surface area contributed by atoms with E-state index >= 15 is 0 Å². The van der Waals surface area contributed by atoms with Crippen LogP contribution in [0, 0.1) is 16.0 Å². The first-order chi connectivity index (χ1) is 9.43. The van der Waals surface area contributed by atoms with Crippen LogP contribution in [0.4, 0.5) is 5.69 Å². The largest absolute Gasteiger partial charge is 0.481 e. The maximum absolute atomic E-state index is 11.3. The van der Waals surface area contributed by atoms with Crippen molar-refractivity contribution in [1.29, 1.82) is 0 Å². The van der Waals surface area contributed by atoms with Crippen LogP contribution in [-0.2, 0) is 20.7 Å². The van der Waals surface area contributed by atoms with Crippen LogP contribution in [0.25, 0.3) is 0 Å². The van der Waals surface area contributed by atoms with Crippen molar-refractivity contribution in [2.24, 2.45) is 5.92 Å². The van der Waals surface area contributed by atoms with E-state index in [-0.39, 0.29) is 25.1 Å². The van der Waals surface area contributed by atoms with E-state index in [0.29, 0.717) is 5.56 Å². The molecule has 0 aliphatic heterocycles. The van der Waals surface area contributed by atoms with Crippen LogP contribution in [0.15, 0.2) is 24.3 Å². The van der Waals surface area contributed by atoms with Crippen molar-refractivity contribution in [2.45, 2.75) is 19.8 Å². The first kappa shape index (κ1) is 15.6. The zero-order valence-electron chi connectivity index (χ0n) is 10.9. The number of esters is 1. The Bertz CT molecular complexity index is 496. The quantitative estimate of drug-likeness (QED) is 0.464. The van der Waals surface area contributed by atoms with Gasteiger partial charge in [0.2, 0.25) is 0 Å². The minimum absolute atomic E-state index is 0.0639. The highest BCUT2D eigenvalue weighted by Gasteiger charge is 2.22. The molecule has 1 unspecified atom stereocenters. The highest BCUT2D eigenvalue weighted by Crippen LogP contribution is 2.17. The monoisotopic (exact) mass is 281 g/mol. The molecule has 0 aliphatic carbocycles. The van der Waals surface area contributed by atoms with Crippen molar-refractivity contribution in [3.8, 4) is 0 Å². The van der Waals surface area contributed by atoms with Gasteiger partial charge in [0.15, 0.2) is 0 Å². The molecule has 0 spiro atoms. The number of rotatable bonds is 7. The van der Waals surface area contributed by atoms with Crippen LogP contribution in [0.5, 0.6) is 0 Å². The van der Waals surface area contributed by atoms with Crippen molar-refractivity contribution in [3.05, 3.63) is 39.9 Å². The topological polar surface area (TPSA) is 107 Å². The number of nitro benzene ring substituents is 1. The standard InChI is InChI=1S/C13H15NO6/c1-2-20-12(15)8-10(13(16)17)7-9-3-5-11(6-4-9)14(18)19/h3-6,10H,2,7-8H2,1H3,(H,16,17). The van der Waals surface area contributed by atoms with Gasteiger partial charge in [-0.05, 0) is 18.9 Å². The highest BCUT2D eigenvalue weighted by molar-refractivity contribution is 5.79. The number of ether oxygens (including phenoxy) is 1. The fourth-order valence-corrected chi connectivity index (χ4v) is 1.71. The van der Waals surface area contributed by atoms with Gasteiger partial charge in [-0.1, -0.05) is 12.1 Å². The second-order valence-electron chi connectivity index (χ2n) is 4.17. The summed E-state index contributed by atoms with van der Waals surface area (Å²) in [6.07, 6.45) is -0.105. The number of hydrogen-bond donors (Lipinski definition) is 1. The molecule has 1 atom stereocenters. The smallest absolute Gasteiger partial charge is 0.307 e. The molecule has 7 heteroatoms. The molecule has 7 nitrogen and oxygen atoms in total. The van der Waals surface area contributed by atoms with Crippen molar-refractivity contribution in [3.63, 3.8) is 0 Å². The van der Waals surface area contributed by atoms with Crippen LogP contribution in [0.2, 0.25) is 0 Å². The van der Waals surface area contributed by atoms with Crippen molar-refractivity contribution in [2.75, 3.05) is 6.61 Å². The lowest BCUT2D eigenvalue weighted by atomic mass is 9.96. The van der Waals surface area contributed by atoms with E-state index < -0.39 is 22.8 Å². The van der Waals surface area contributed by atoms with Gasteiger partial charge in [0.1, 0.15) is 0 Å². The summed E-state index contributed by atoms with van der Waals surface area (Å²) in [5.74, 6) is -2.58. The Kier molecular flexibility index (Phi) is 5.64. The summed E-state index contributed by atoms with van der Waals surface area (Å²) in [5.41, 5.74) is 0.554. The Morgan fingerprint density at radius 2 is 1.95 bits per heavy atom. The maximum Gasteiger partial charge on any atom is 0.307 e. The molecule has 1 aromatic rings. The van der Waals surface area contributed by atoms with Gasteiger partial charge in [-0.2, -0.15) is 0 Å². The average molecular weight is 281 g/mol. The third-order valence-electron chi connectivity index (χ3n) is 2.70. The molecule has 0 amide bonds. The molecule has 0 saturated heterocycles. The minimum Gasteiger partial charge on any atom is -0.481 e. The zero-order valence-corrected chi connectivity index (χ0v) is 10.9. The Labute approximate surface area is 115 Å². The summed E-state index contributed by atoms with van der Waals surface area (Å²) in [4.78, 5) is 32.4. The first-order valence-electron chi connectivity index (χ1n) is 6.05. The number of carboxylic acid groups (broad SMARTS) is 1. The number of nitrogens with zero attached hydrogens (tertiary/aromatic N) is 1. The molecule has 108 valence electrons. The fourth-order valence-electron chi connectivity index (χ4n) is 1.71. The van der Waals surface area contributed by atoms with Gasteiger partial charge in [0.25, 0.3) is 5.69 Å². The summed E-state index contributed by atoms with van der Waals surface area (Å²) in [6.45, 7) is 1.84. The summed E-state index contributed by atoms with van der Waals surface area (Å²) in [7, 11) is 0. The number of carboxylic acids is 1. The van der Waals surface area contributed by atoms with Gasteiger partial charge in [0, 0.05) is 12.1 Å². The van der Waals surface area contributed by atoms with Crippen LogP contribution in [-0.4, -0.2) is 28.6 Å². The number of aliphatic carboxylic acids is 1. The van der Waals surface area contributed by atoms with E-state index in [1.165, 1.54) is 24.3 Å². The fraction of sp³-hybridized carbons (Fsp3) is 0.385. The van der Waals surface area contributed by atoms with Gasteiger partial charge >= 0.3 is 11.9 Å². The van der Waals surface area contributed by atoms with E-state index in [9.17, 15) is 19.7 Å². The molecule has 1 aromatic carbocycles. The Morgan fingerprint density at radius 1 is 1.35 bits per heavy atom. The highest BCUT2D eigenvalue weighted by atomic mass is 16.6. The molecule has 0 heterocycles. The van der Waals surface area contributed by atoms with Crippen molar-refractivity contribution in [1.82, 2.24) is 0 Å². The van der Waals surface area contributed by atoms with Crippen LogP contribution >= 0.6 is 0 Å². The molecular formula is C13H15NO6. The predicted octanol–water partition coefficient (Wildman–Crippen LogP) is 1.79. The molecule has 0 aliphatic rings. The minimum atomic E-state index is -1.10. The van der Waals surface area contributed by atoms with Gasteiger partial charge < -0.3 is 9.84 Å². The Hall–Kier alpha value is -2.44. The van der Waals surface area contributed by atoms with Gasteiger partial charge in [-0.25, -0.2) is 0 Å². The van der Waals surface area contributed by atoms with E-state index in [2.05, 4.69) is 0 Å². The molecule has 1 rings (SSSR count). The van der Waals surface area contributed by atoms with Crippen molar-refractivity contribution < 1.29 is 24.4 Å². The molecule has 1 N–H and O–H groups in total. The molecule has 0 bridgehead atoms. The number of hydrogen-bond acceptors (Lipinski definition) is 5. The van der Waals surface area contributed by atoms with Crippen molar-refractivity contribution >= 4 is 17.6 Å². The first-order valence-corrected chi connectivity index (χ1v) is 6.05. The van der Waals surface area contributed by atoms with Gasteiger partial charge in [-0.3, -0.25) is 19.7 Å². The maximum atomic E-state index is 11.3. The SMILES string of the molecule is CCOC(=O)CC(Cc1ccc([N+](=O)[O-])cc1)C(=O)O. The van der Waals surface area contributed by atoms with Gasteiger partial charge in [-0.15, -0.1) is 0 Å². The van der Waals surface area contributed by atoms with Crippen LogP contribution in [0.3, 0.4) is 0 Å². The molecule has 0 fully saturated rings. The molecule has 20 heavy (non-hydrogen) atoms. The third-order valence-corrected chi connectivity index (χ3v) is 2.70. The molecule has 0 radical (unpaired) electrons. The Balaban J connectivity index is 2.72. The molecule has 0 saturated carbocycles. The lowest BCUT2D eigenvalue weighted by Crippen LogP contribution is -2.21. The van der Waals surface area contributed by atoms with Crippen LogP contribution < -0.4 is 0 Å². The number of benzene rings is 1. The normalized spacial score (nSPS) is 11.7. The lowest BCUT2D eigenvalue weighted by molar-refractivity contribution is -0.384. The van der Waals surface area contributed by atoms with Crippen LogP contribution in [0.1, 0.15) is 18.9 Å². The second-order valence-corrected chi connectivity index (χ2v) is 4.17. The molecular weight excluding hydrogens is 266 g/mol. The van der Waals surface area contributed by atoms with E-state index in [4.69, 9.17) is 9.84 Å². The van der Waals surface area contributed by atoms with E-state index in [1.54, 1.807) is 6.92 Å². The van der Waals surface area contributed by atoms with E-state index in [1.807, 2.05) is 0 Å². The number of carbonyl (C=O) groups excluding carboxylic acids is 1. The number of carbonyl (C=O) groups is 2. The number of non-ortho nitro benzene ring substituents is 1. The zero-order chi connectivity index (χ0) is 15.1. The molecule has 0 aromatic heterocycles. The van der Waals surface area contributed by atoms with Gasteiger partial charge in [0.05, 0.1) is 23.9 Å². The Morgan fingerprint density at radius 3 is 2.40 bits per heavy atom. The number of nitro groups is 1.